The molecule has 0 bridgehead atoms. The number of para-hydroxylation sites is 2. The van der Waals surface area contributed by atoms with Gasteiger partial charge in [-0.3, -0.25) is 18.8 Å². The minimum atomic E-state index is -4.21. The second-order valence-corrected chi connectivity index (χ2v) is 12.3. The summed E-state index contributed by atoms with van der Waals surface area (Å²) in [6.07, 6.45) is 2.90. The Bertz CT molecular complexity index is 1680. The van der Waals surface area contributed by atoms with Crippen LogP contribution >= 0.6 is 11.6 Å². The van der Waals surface area contributed by atoms with Crippen LogP contribution in [-0.2, 0) is 24.8 Å². The Kier molecular flexibility index (Phi) is 8.93. The average Bonchev–Trinajstić information content (AvgIpc) is 2.93. The van der Waals surface area contributed by atoms with Crippen molar-refractivity contribution < 1.29 is 26.4 Å². The van der Waals surface area contributed by atoms with Crippen LogP contribution in [0.25, 0.3) is 0 Å². The van der Waals surface area contributed by atoms with Crippen LogP contribution in [-0.4, -0.2) is 40.9 Å². The molecule has 208 valence electrons. The predicted molar refractivity (Wildman–Crippen MR) is 154 cm³/mol. The molecule has 4 rings (SSSR count). The summed E-state index contributed by atoms with van der Waals surface area (Å²) in [7, 11) is -8.10. The number of benzene rings is 3. The van der Waals surface area contributed by atoms with Crippen LogP contribution < -0.4 is 19.1 Å². The van der Waals surface area contributed by atoms with Crippen molar-refractivity contribution in [1.29, 1.82) is 0 Å². The summed E-state index contributed by atoms with van der Waals surface area (Å²) in [6, 6.07) is 20.7. The number of ether oxygens (including phenoxy) is 1. The van der Waals surface area contributed by atoms with E-state index in [1.807, 2.05) is 0 Å². The molecular weight excluding hydrogens is 576 g/mol. The van der Waals surface area contributed by atoms with E-state index in [1.165, 1.54) is 60.9 Å². The molecule has 0 aliphatic rings. The molecule has 2 N–H and O–H groups in total. The molecule has 10 nitrogen and oxygen atoms in total. The lowest BCUT2D eigenvalue weighted by Gasteiger charge is -2.26. The van der Waals surface area contributed by atoms with E-state index < -0.39 is 32.5 Å². The number of nitrogens with zero attached hydrogens (tertiary/aromatic N) is 2. The van der Waals surface area contributed by atoms with E-state index in [2.05, 4.69) is 15.0 Å². The molecule has 40 heavy (non-hydrogen) atoms. The highest BCUT2D eigenvalue weighted by atomic mass is 35.5. The Morgan fingerprint density at radius 3 is 2.20 bits per heavy atom. The quantitative estimate of drug-likeness (QED) is 0.253. The number of anilines is 3. The van der Waals surface area contributed by atoms with E-state index in [1.54, 1.807) is 43.3 Å². The fraction of sp³-hybridized carbons (Fsp3) is 0.111. The van der Waals surface area contributed by atoms with Gasteiger partial charge in [-0.2, -0.15) is 0 Å². The lowest BCUT2D eigenvalue weighted by molar-refractivity contribution is -0.114. The van der Waals surface area contributed by atoms with E-state index in [0.717, 1.165) is 4.31 Å². The van der Waals surface area contributed by atoms with Gasteiger partial charge in [0.25, 0.3) is 20.0 Å². The average molecular weight is 601 g/mol. The summed E-state index contributed by atoms with van der Waals surface area (Å²) in [5, 5.41) is 2.98. The van der Waals surface area contributed by atoms with Crippen LogP contribution in [0.4, 0.5) is 17.1 Å². The summed E-state index contributed by atoms with van der Waals surface area (Å²) in [4.78, 5) is 16.9. The molecule has 1 amide bonds. The van der Waals surface area contributed by atoms with Crippen molar-refractivity contribution in [3.05, 3.63) is 102 Å². The third-order valence-corrected chi connectivity index (χ3v) is 8.91. The molecule has 0 fully saturated rings. The largest absolute Gasteiger partial charge is 0.492 e. The van der Waals surface area contributed by atoms with Crippen LogP contribution in [0.2, 0.25) is 5.02 Å². The van der Waals surface area contributed by atoms with Crippen LogP contribution in [0, 0.1) is 0 Å². The number of amides is 1. The third-order valence-electron chi connectivity index (χ3n) is 5.48. The van der Waals surface area contributed by atoms with Crippen molar-refractivity contribution in [3.8, 4) is 5.75 Å². The second-order valence-electron chi connectivity index (χ2n) is 8.29. The second kappa shape index (κ2) is 12.4. The van der Waals surface area contributed by atoms with Crippen LogP contribution in [0.15, 0.2) is 107 Å². The third kappa shape index (κ3) is 6.89. The van der Waals surface area contributed by atoms with Gasteiger partial charge < -0.3 is 10.1 Å². The van der Waals surface area contributed by atoms with Crippen LogP contribution in [0.1, 0.15) is 6.92 Å². The van der Waals surface area contributed by atoms with Crippen molar-refractivity contribution in [1.82, 2.24) is 4.98 Å². The maximum atomic E-state index is 13.7. The first-order valence-electron chi connectivity index (χ1n) is 11.9. The molecule has 13 heteroatoms. The normalized spacial score (nSPS) is 11.4. The first-order chi connectivity index (χ1) is 19.1. The van der Waals surface area contributed by atoms with Crippen molar-refractivity contribution in [2.75, 3.05) is 27.5 Å². The molecule has 0 saturated heterocycles. The number of aromatic nitrogens is 1. The Balaban J connectivity index is 1.57. The lowest BCUT2D eigenvalue weighted by atomic mass is 10.3. The molecule has 0 spiro atoms. The predicted octanol–water partition coefficient (Wildman–Crippen LogP) is 4.77. The highest BCUT2D eigenvalue weighted by Crippen LogP contribution is 2.33. The van der Waals surface area contributed by atoms with Gasteiger partial charge in [0.2, 0.25) is 5.91 Å². The highest BCUT2D eigenvalue weighted by molar-refractivity contribution is 7.93. The number of pyridine rings is 1. The molecule has 0 atom stereocenters. The van der Waals surface area contributed by atoms with Gasteiger partial charge in [-0.25, -0.2) is 16.8 Å². The molecule has 0 radical (unpaired) electrons. The van der Waals surface area contributed by atoms with E-state index in [0.29, 0.717) is 10.7 Å². The zero-order valence-corrected chi connectivity index (χ0v) is 23.6. The summed E-state index contributed by atoms with van der Waals surface area (Å²) in [5.74, 6) is -0.376. The first-order valence-corrected chi connectivity index (χ1v) is 15.2. The van der Waals surface area contributed by atoms with Gasteiger partial charge in [0, 0.05) is 16.9 Å². The number of carbonyl (C=O) groups is 1. The SMILES string of the molecule is CCOc1ccccc1N(CC(=O)Nc1ccc(S(=O)(=O)Nc2cccnc2)cc1)S(=O)(=O)c1ccc(Cl)cc1. The minimum absolute atomic E-state index is 0.0352. The lowest BCUT2D eigenvalue weighted by Crippen LogP contribution is -2.38. The summed E-state index contributed by atoms with van der Waals surface area (Å²) in [6.45, 7) is 1.46. The molecule has 3 aromatic carbocycles. The smallest absolute Gasteiger partial charge is 0.264 e. The van der Waals surface area contributed by atoms with E-state index in [9.17, 15) is 21.6 Å². The molecule has 0 aliphatic carbocycles. The molecule has 4 aromatic rings. The van der Waals surface area contributed by atoms with Gasteiger partial charge in [0.1, 0.15) is 12.3 Å². The Morgan fingerprint density at radius 2 is 1.55 bits per heavy atom. The van der Waals surface area contributed by atoms with E-state index >= 15 is 0 Å². The summed E-state index contributed by atoms with van der Waals surface area (Å²) < 4.78 is 61.7. The number of halogens is 1. The number of nitrogens with one attached hydrogen (secondary N) is 2. The minimum Gasteiger partial charge on any atom is -0.492 e. The molecule has 1 aromatic heterocycles. The monoisotopic (exact) mass is 600 g/mol. The topological polar surface area (TPSA) is 135 Å². The van der Waals surface area contributed by atoms with E-state index in [-0.39, 0.29) is 33.5 Å². The number of rotatable bonds is 11. The van der Waals surface area contributed by atoms with Crippen molar-refractivity contribution >= 4 is 54.6 Å². The Labute approximate surface area is 237 Å². The van der Waals surface area contributed by atoms with Gasteiger partial charge in [-0.1, -0.05) is 23.7 Å². The van der Waals surface area contributed by atoms with Crippen LogP contribution in [0.5, 0.6) is 5.75 Å². The standard InChI is InChI=1S/C27H25ClN4O6S2/c1-2-38-26-8-4-3-7-25(26)32(40(36,37)24-13-9-20(28)10-14-24)19-27(33)30-21-11-15-23(16-12-21)39(34,35)31-22-6-5-17-29-18-22/h3-18,31H,2,19H2,1H3,(H,30,33). The number of sulfonamides is 2. The fourth-order valence-electron chi connectivity index (χ4n) is 3.66. The Morgan fingerprint density at radius 1 is 0.875 bits per heavy atom. The van der Waals surface area contributed by atoms with E-state index in [4.69, 9.17) is 16.3 Å². The van der Waals surface area contributed by atoms with Crippen LogP contribution in [0.3, 0.4) is 0 Å². The van der Waals surface area contributed by atoms with Crippen molar-refractivity contribution in [3.63, 3.8) is 0 Å². The van der Waals surface area contributed by atoms with Gasteiger partial charge >= 0.3 is 0 Å². The Hall–Kier alpha value is -4.13. The molecular formula is C27H25ClN4O6S2. The van der Waals surface area contributed by atoms with Gasteiger partial charge in [-0.05, 0) is 79.7 Å². The van der Waals surface area contributed by atoms with Gasteiger partial charge in [0.15, 0.2) is 0 Å². The zero-order chi connectivity index (χ0) is 28.8. The number of hydrogen-bond acceptors (Lipinski definition) is 7. The maximum absolute atomic E-state index is 13.7. The van der Waals surface area contributed by atoms with Gasteiger partial charge in [0.05, 0.1) is 34.0 Å². The molecule has 0 aliphatic heterocycles. The highest BCUT2D eigenvalue weighted by Gasteiger charge is 2.29. The summed E-state index contributed by atoms with van der Waals surface area (Å²) in [5.41, 5.74) is 0.749. The fourth-order valence-corrected chi connectivity index (χ4v) is 6.26. The van der Waals surface area contributed by atoms with Crippen molar-refractivity contribution in [2.45, 2.75) is 16.7 Å². The summed E-state index contributed by atoms with van der Waals surface area (Å²) >= 11 is 5.94. The number of carbonyl (C=O) groups excluding carboxylic acids is 1. The molecule has 0 unspecified atom stereocenters. The first kappa shape index (κ1) is 28.9. The molecule has 1 heterocycles. The maximum Gasteiger partial charge on any atom is 0.264 e. The van der Waals surface area contributed by atoms with Crippen molar-refractivity contribution in [2.24, 2.45) is 0 Å². The number of hydrogen-bond donors (Lipinski definition) is 2. The molecule has 0 saturated carbocycles. The zero-order valence-electron chi connectivity index (χ0n) is 21.2. The van der Waals surface area contributed by atoms with Gasteiger partial charge in [-0.15, -0.1) is 0 Å².